The number of nitrogens with zero attached hydrogens (tertiary/aromatic N) is 1. The average molecular weight is 630 g/mol. The van der Waals surface area contributed by atoms with Gasteiger partial charge in [0.1, 0.15) is 12.4 Å². The molecule has 2 nitrogen and oxygen atoms in total. The van der Waals surface area contributed by atoms with Crippen LogP contribution in [0.15, 0.2) is 12.4 Å². The number of unbranched alkanes of at least 4 members (excludes halogenated alkanes) is 28. The molecule has 2 unspecified atom stereocenters. The second-order valence-corrected chi connectivity index (χ2v) is 15.1. The van der Waals surface area contributed by atoms with Crippen LogP contribution in [0.5, 0.6) is 0 Å². The fourth-order valence-electron chi connectivity index (χ4n) is 7.49. The Balaban J connectivity index is 2.32. The molecule has 45 heavy (non-hydrogen) atoms. The Labute approximate surface area is 285 Å². The first kappa shape index (κ1) is 42.2. The van der Waals surface area contributed by atoms with Crippen LogP contribution in [-0.4, -0.2) is 4.98 Å². The molecule has 1 rings (SSSR count). The number of nitrogens with one attached hydrogen (secondary N) is 1. The lowest BCUT2D eigenvalue weighted by Crippen LogP contribution is -2.41. The summed E-state index contributed by atoms with van der Waals surface area (Å²) in [6.07, 6.45) is 53.2. The monoisotopic (exact) mass is 630 g/mol. The van der Waals surface area contributed by atoms with E-state index in [1.165, 1.54) is 224 Å². The molecule has 0 bridgehead atoms. The Hall–Kier alpha value is -0.790. The molecule has 2 heteroatoms. The van der Waals surface area contributed by atoms with Gasteiger partial charge in [-0.05, 0) is 32.6 Å². The third-order valence-electron chi connectivity index (χ3n) is 10.6. The highest BCUT2D eigenvalue weighted by atomic mass is 15.1. The van der Waals surface area contributed by atoms with Gasteiger partial charge in [-0.15, -0.1) is 0 Å². The summed E-state index contributed by atoms with van der Waals surface area (Å²) in [6, 6.07) is 0.619. The summed E-state index contributed by atoms with van der Waals surface area (Å²) in [4.78, 5) is 3.75. The summed E-state index contributed by atoms with van der Waals surface area (Å²) in [5.41, 5.74) is 0. The van der Waals surface area contributed by atoms with E-state index < -0.39 is 0 Å². The zero-order chi connectivity index (χ0) is 32.5. The van der Waals surface area contributed by atoms with Crippen LogP contribution < -0.4 is 4.57 Å². The van der Waals surface area contributed by atoms with Gasteiger partial charge in [0.15, 0.2) is 0 Å². The quantitative estimate of drug-likeness (QED) is 0.0563. The predicted molar refractivity (Wildman–Crippen MR) is 202 cm³/mol. The van der Waals surface area contributed by atoms with Crippen molar-refractivity contribution in [1.82, 2.24) is 4.98 Å². The van der Waals surface area contributed by atoms with Gasteiger partial charge >= 0.3 is 0 Å². The van der Waals surface area contributed by atoms with Crippen molar-refractivity contribution in [2.45, 2.75) is 258 Å². The molecule has 0 spiro atoms. The molecule has 0 fully saturated rings. The molecule has 0 aliphatic heterocycles. The molecule has 0 aliphatic rings. The lowest BCUT2D eigenvalue weighted by molar-refractivity contribution is -0.727. The highest BCUT2D eigenvalue weighted by Gasteiger charge is 2.25. The molecule has 1 aromatic heterocycles. The van der Waals surface area contributed by atoms with Crippen LogP contribution in [-0.2, 0) is 0 Å². The van der Waals surface area contributed by atoms with Crippen molar-refractivity contribution in [2.24, 2.45) is 0 Å². The van der Waals surface area contributed by atoms with Gasteiger partial charge in [-0.1, -0.05) is 213 Å². The third-order valence-corrected chi connectivity index (χ3v) is 10.6. The van der Waals surface area contributed by atoms with Crippen molar-refractivity contribution in [2.75, 3.05) is 0 Å². The van der Waals surface area contributed by atoms with E-state index >= 15 is 0 Å². The van der Waals surface area contributed by atoms with Crippen LogP contribution in [0.2, 0.25) is 0 Å². The maximum absolute atomic E-state index is 3.75. The summed E-state index contributed by atoms with van der Waals surface area (Å²) in [5, 5.41) is 0. The normalized spacial score (nSPS) is 13.1. The van der Waals surface area contributed by atoms with Gasteiger partial charge in [-0.25, -0.2) is 9.55 Å². The molecule has 0 radical (unpaired) electrons. The van der Waals surface area contributed by atoms with Crippen molar-refractivity contribution in [1.29, 1.82) is 0 Å². The minimum atomic E-state index is 0.619. The van der Waals surface area contributed by atoms with Gasteiger partial charge < -0.3 is 0 Å². The molecule has 1 N–H and O–H groups in total. The van der Waals surface area contributed by atoms with Crippen molar-refractivity contribution in [3.8, 4) is 0 Å². The molecule has 0 saturated carbocycles. The van der Waals surface area contributed by atoms with Gasteiger partial charge in [0.25, 0.3) is 5.82 Å². The molecule has 2 atom stereocenters. The Bertz CT molecular complexity index is 694. The molecule has 0 amide bonds. The van der Waals surface area contributed by atoms with E-state index in [-0.39, 0.29) is 0 Å². The zero-order valence-corrected chi connectivity index (χ0v) is 31.8. The minimum absolute atomic E-state index is 0.619. The Kier molecular flexibility index (Phi) is 31.1. The predicted octanol–water partition coefficient (Wildman–Crippen LogP) is 15.3. The van der Waals surface area contributed by atoms with Crippen molar-refractivity contribution < 1.29 is 4.57 Å². The van der Waals surface area contributed by atoms with Crippen molar-refractivity contribution in [3.63, 3.8) is 0 Å². The molecular formula is C43H85N2+. The van der Waals surface area contributed by atoms with Gasteiger partial charge in [0.05, 0.1) is 12.0 Å². The first-order valence-corrected chi connectivity index (χ1v) is 21.3. The molecule has 266 valence electrons. The second-order valence-electron chi connectivity index (χ2n) is 15.1. The van der Waals surface area contributed by atoms with E-state index in [4.69, 9.17) is 0 Å². The van der Waals surface area contributed by atoms with E-state index in [9.17, 15) is 0 Å². The van der Waals surface area contributed by atoms with E-state index in [0.717, 1.165) is 0 Å². The van der Waals surface area contributed by atoms with Crippen LogP contribution in [0.4, 0.5) is 0 Å². The van der Waals surface area contributed by atoms with Crippen molar-refractivity contribution in [3.05, 3.63) is 18.2 Å². The molecule has 1 heterocycles. The van der Waals surface area contributed by atoms with Crippen molar-refractivity contribution >= 4 is 0 Å². The maximum atomic E-state index is 3.75. The summed E-state index contributed by atoms with van der Waals surface area (Å²) in [6.45, 7) is 9.40. The Morgan fingerprint density at radius 3 is 1.07 bits per heavy atom. The zero-order valence-electron chi connectivity index (χ0n) is 31.8. The smallest absolute Gasteiger partial charge is 0.247 e. The number of hydrogen-bond acceptors (Lipinski definition) is 0. The largest absolute Gasteiger partial charge is 0.257 e. The summed E-state index contributed by atoms with van der Waals surface area (Å²) in [7, 11) is 0. The SMILES string of the molecule is CCCCCCCCCCCCCCCCC(CCCCCCCCCCCCCCC)c1[nH]cc[n+]1C(C)CCCCCC. The van der Waals surface area contributed by atoms with Gasteiger partial charge in [-0.3, -0.25) is 0 Å². The molecular weight excluding hydrogens is 544 g/mol. The van der Waals surface area contributed by atoms with E-state index in [1.54, 1.807) is 0 Å². The summed E-state index contributed by atoms with van der Waals surface area (Å²) >= 11 is 0. The minimum Gasteiger partial charge on any atom is -0.247 e. The number of H-pyrrole nitrogens is 1. The molecule has 0 saturated heterocycles. The van der Waals surface area contributed by atoms with Crippen LogP contribution in [0.25, 0.3) is 0 Å². The van der Waals surface area contributed by atoms with E-state index in [1.807, 2.05) is 0 Å². The molecule has 0 aliphatic carbocycles. The summed E-state index contributed by atoms with van der Waals surface area (Å²) < 4.78 is 2.63. The molecule has 0 aromatic carbocycles. The van der Waals surface area contributed by atoms with Gasteiger partial charge in [-0.2, -0.15) is 0 Å². The van der Waals surface area contributed by atoms with Gasteiger partial charge in [0, 0.05) is 0 Å². The molecule has 1 aromatic rings. The fraction of sp³-hybridized carbons (Fsp3) is 0.930. The highest BCUT2D eigenvalue weighted by molar-refractivity contribution is 4.90. The maximum Gasteiger partial charge on any atom is 0.257 e. The number of aromatic amines is 1. The van der Waals surface area contributed by atoms with Crippen LogP contribution >= 0.6 is 0 Å². The summed E-state index contributed by atoms with van der Waals surface area (Å²) in [5.74, 6) is 2.25. The fourth-order valence-corrected chi connectivity index (χ4v) is 7.49. The number of aromatic nitrogens is 2. The first-order chi connectivity index (χ1) is 22.2. The Morgan fingerprint density at radius 2 is 0.711 bits per heavy atom. The topological polar surface area (TPSA) is 19.7 Å². The van der Waals surface area contributed by atoms with Crippen LogP contribution in [0.3, 0.4) is 0 Å². The lowest BCUT2D eigenvalue weighted by Gasteiger charge is -2.17. The van der Waals surface area contributed by atoms with Crippen LogP contribution in [0, 0.1) is 0 Å². The second kappa shape index (κ2) is 33.1. The Morgan fingerprint density at radius 1 is 0.422 bits per heavy atom. The number of rotatable bonds is 36. The number of hydrogen-bond donors (Lipinski definition) is 1. The van der Waals surface area contributed by atoms with Gasteiger partial charge in [0.2, 0.25) is 0 Å². The van der Waals surface area contributed by atoms with E-state index in [0.29, 0.717) is 12.0 Å². The lowest BCUT2D eigenvalue weighted by atomic mass is 9.92. The standard InChI is InChI=1S/C43H84N2/c1-5-8-11-14-16-18-20-22-24-26-28-30-32-35-38-42(43-44-39-40-45(43)41(4)36-33-13-10-7-3)37-34-31-29-27-25-23-21-19-17-15-12-9-6-2/h39-42H,5-38H2,1-4H3/p+1. The number of imidazole rings is 1. The van der Waals surface area contributed by atoms with E-state index in [2.05, 4.69) is 49.6 Å². The highest BCUT2D eigenvalue weighted by Crippen LogP contribution is 2.27. The third kappa shape index (κ3) is 25.0. The first-order valence-electron chi connectivity index (χ1n) is 21.3. The van der Waals surface area contributed by atoms with Crippen LogP contribution in [0.1, 0.15) is 264 Å². The average Bonchev–Trinajstić information content (AvgIpc) is 3.54.